The molecule has 0 aromatic heterocycles. The van der Waals surface area contributed by atoms with Crippen LogP contribution in [0.1, 0.15) is 42.5 Å². The first-order valence-corrected chi connectivity index (χ1v) is 7.88. The summed E-state index contributed by atoms with van der Waals surface area (Å²) in [7, 11) is 0. The van der Waals surface area contributed by atoms with E-state index in [1.165, 1.54) is 38.6 Å². The topological polar surface area (TPSA) is 32.3 Å². The Labute approximate surface area is 121 Å². The van der Waals surface area contributed by atoms with Crippen LogP contribution in [0.3, 0.4) is 0 Å². The number of carbonyl (C=O) groups excluding carboxylic acids is 1. The number of piperidine rings is 1. The van der Waals surface area contributed by atoms with E-state index in [1.54, 1.807) is 0 Å². The first kappa shape index (κ1) is 13.6. The van der Waals surface area contributed by atoms with Gasteiger partial charge in [-0.3, -0.25) is 9.69 Å². The highest BCUT2D eigenvalue weighted by atomic mass is 16.1. The van der Waals surface area contributed by atoms with Gasteiger partial charge in [0.1, 0.15) is 0 Å². The maximum absolute atomic E-state index is 12.0. The summed E-state index contributed by atoms with van der Waals surface area (Å²) in [5.74, 6) is 1.85. The van der Waals surface area contributed by atoms with Gasteiger partial charge < -0.3 is 5.32 Å². The van der Waals surface area contributed by atoms with E-state index >= 15 is 0 Å². The summed E-state index contributed by atoms with van der Waals surface area (Å²) in [6, 6.07) is 9.47. The molecule has 0 radical (unpaired) electrons. The summed E-state index contributed by atoms with van der Waals surface area (Å²) in [5.41, 5.74) is 0.750. The Kier molecular flexibility index (Phi) is 4.36. The third kappa shape index (κ3) is 3.21. The first-order valence-electron chi connectivity index (χ1n) is 7.88. The van der Waals surface area contributed by atoms with Crippen molar-refractivity contribution in [1.29, 1.82) is 0 Å². The third-order valence-electron chi connectivity index (χ3n) is 4.87. The average Bonchev–Trinajstić information content (AvgIpc) is 2.53. The molecule has 2 aliphatic rings. The zero-order valence-electron chi connectivity index (χ0n) is 12.1. The van der Waals surface area contributed by atoms with Crippen LogP contribution in [-0.2, 0) is 0 Å². The smallest absolute Gasteiger partial charge is 0.252 e. The summed E-state index contributed by atoms with van der Waals surface area (Å²) in [6.07, 6.45) is 6.94. The third-order valence-corrected chi connectivity index (χ3v) is 4.87. The van der Waals surface area contributed by atoms with E-state index in [1.807, 2.05) is 30.3 Å². The molecule has 3 heteroatoms. The van der Waals surface area contributed by atoms with Crippen molar-refractivity contribution in [3.8, 4) is 0 Å². The molecule has 1 N–H and O–H groups in total. The van der Waals surface area contributed by atoms with Crippen molar-refractivity contribution in [2.24, 2.45) is 11.8 Å². The van der Waals surface area contributed by atoms with Gasteiger partial charge in [-0.2, -0.15) is 0 Å². The highest BCUT2D eigenvalue weighted by molar-refractivity contribution is 5.94. The highest BCUT2D eigenvalue weighted by Crippen LogP contribution is 2.35. The molecule has 1 saturated heterocycles. The zero-order chi connectivity index (χ0) is 13.8. The van der Waals surface area contributed by atoms with Crippen LogP contribution < -0.4 is 5.32 Å². The molecular formula is C17H24N2O. The van der Waals surface area contributed by atoms with Crippen LogP contribution in [0.4, 0.5) is 0 Å². The van der Waals surface area contributed by atoms with Gasteiger partial charge in [-0.15, -0.1) is 0 Å². The van der Waals surface area contributed by atoms with Crippen LogP contribution in [-0.4, -0.2) is 30.6 Å². The van der Waals surface area contributed by atoms with Gasteiger partial charge >= 0.3 is 0 Å². The Balaban J connectivity index is 1.48. The predicted octanol–water partition coefficient (Wildman–Crippen LogP) is 2.89. The van der Waals surface area contributed by atoms with Crippen molar-refractivity contribution in [1.82, 2.24) is 10.2 Å². The Morgan fingerprint density at radius 1 is 1.10 bits per heavy atom. The van der Waals surface area contributed by atoms with Crippen molar-refractivity contribution in [2.75, 3.05) is 19.8 Å². The number of hydrogen-bond acceptors (Lipinski definition) is 2. The minimum Gasteiger partial charge on any atom is -0.339 e. The van der Waals surface area contributed by atoms with Crippen LogP contribution in [0.5, 0.6) is 0 Å². The number of carbonyl (C=O) groups is 1. The summed E-state index contributed by atoms with van der Waals surface area (Å²) < 4.78 is 0. The molecule has 0 spiro atoms. The largest absolute Gasteiger partial charge is 0.339 e. The van der Waals surface area contributed by atoms with Gasteiger partial charge in [-0.25, -0.2) is 0 Å². The van der Waals surface area contributed by atoms with Gasteiger partial charge in [-0.1, -0.05) is 37.5 Å². The molecule has 1 aromatic rings. The summed E-state index contributed by atoms with van der Waals surface area (Å²) in [4.78, 5) is 14.4. The van der Waals surface area contributed by atoms with Crippen LogP contribution in [0.15, 0.2) is 30.3 Å². The number of nitrogens with one attached hydrogen (secondary N) is 1. The molecule has 20 heavy (non-hydrogen) atoms. The van der Waals surface area contributed by atoms with E-state index < -0.39 is 0 Å². The molecule has 1 aromatic carbocycles. The zero-order valence-corrected chi connectivity index (χ0v) is 12.1. The maximum Gasteiger partial charge on any atom is 0.252 e. The van der Waals surface area contributed by atoms with Gasteiger partial charge in [0, 0.05) is 18.7 Å². The molecule has 2 atom stereocenters. The van der Waals surface area contributed by atoms with Gasteiger partial charge in [0.2, 0.25) is 0 Å². The monoisotopic (exact) mass is 272 g/mol. The number of hydrogen-bond donors (Lipinski definition) is 1. The van der Waals surface area contributed by atoms with E-state index in [9.17, 15) is 4.79 Å². The van der Waals surface area contributed by atoms with E-state index in [0.29, 0.717) is 6.67 Å². The SMILES string of the molecule is O=C(NCN1CCC2CCCCC2C1)c1ccccc1. The molecule has 1 aliphatic heterocycles. The number of rotatable bonds is 3. The fourth-order valence-corrected chi connectivity index (χ4v) is 3.69. The molecule has 0 bridgehead atoms. The standard InChI is InChI=1S/C17H24N2O/c20-17(15-7-2-1-3-8-15)18-13-19-11-10-14-6-4-5-9-16(14)12-19/h1-3,7-8,14,16H,4-6,9-13H2,(H,18,20). The maximum atomic E-state index is 12.0. The lowest BCUT2D eigenvalue weighted by atomic mass is 9.75. The molecule has 108 valence electrons. The van der Waals surface area contributed by atoms with Gasteiger partial charge in [0.05, 0.1) is 6.67 Å². The molecule has 1 heterocycles. The lowest BCUT2D eigenvalue weighted by Gasteiger charge is -2.41. The fraction of sp³-hybridized carbons (Fsp3) is 0.588. The second-order valence-corrected chi connectivity index (χ2v) is 6.20. The number of benzene rings is 1. The average molecular weight is 272 g/mol. The molecule has 2 unspecified atom stereocenters. The van der Waals surface area contributed by atoms with E-state index in [2.05, 4.69) is 10.2 Å². The summed E-state index contributed by atoms with van der Waals surface area (Å²) >= 11 is 0. The molecule has 3 nitrogen and oxygen atoms in total. The number of amides is 1. The van der Waals surface area contributed by atoms with E-state index in [0.717, 1.165) is 23.9 Å². The van der Waals surface area contributed by atoms with E-state index in [-0.39, 0.29) is 5.91 Å². The summed E-state index contributed by atoms with van der Waals surface area (Å²) in [6.45, 7) is 2.99. The first-order chi connectivity index (χ1) is 9.83. The molecular weight excluding hydrogens is 248 g/mol. The molecule has 1 amide bonds. The van der Waals surface area contributed by atoms with Gasteiger partial charge in [-0.05, 0) is 36.8 Å². The second kappa shape index (κ2) is 6.40. The van der Waals surface area contributed by atoms with Crippen LogP contribution in [0.25, 0.3) is 0 Å². The summed E-state index contributed by atoms with van der Waals surface area (Å²) in [5, 5.41) is 3.05. The van der Waals surface area contributed by atoms with Crippen molar-refractivity contribution in [3.63, 3.8) is 0 Å². The number of fused-ring (bicyclic) bond motifs is 1. The minimum absolute atomic E-state index is 0.0383. The van der Waals surface area contributed by atoms with E-state index in [4.69, 9.17) is 0 Å². The molecule has 1 aliphatic carbocycles. The number of likely N-dealkylation sites (tertiary alicyclic amines) is 1. The van der Waals surface area contributed by atoms with Crippen LogP contribution >= 0.6 is 0 Å². The van der Waals surface area contributed by atoms with Gasteiger partial charge in [0.15, 0.2) is 0 Å². The Morgan fingerprint density at radius 2 is 1.85 bits per heavy atom. The Morgan fingerprint density at radius 3 is 2.65 bits per heavy atom. The van der Waals surface area contributed by atoms with Crippen molar-refractivity contribution in [2.45, 2.75) is 32.1 Å². The normalized spacial score (nSPS) is 26.8. The fourth-order valence-electron chi connectivity index (χ4n) is 3.69. The number of nitrogens with zero attached hydrogens (tertiary/aromatic N) is 1. The lowest BCUT2D eigenvalue weighted by molar-refractivity contribution is 0.0723. The molecule has 1 saturated carbocycles. The lowest BCUT2D eigenvalue weighted by Crippen LogP contribution is -2.46. The predicted molar refractivity (Wildman–Crippen MR) is 80.4 cm³/mol. The quantitative estimate of drug-likeness (QED) is 0.917. The molecule has 2 fully saturated rings. The molecule has 3 rings (SSSR count). The van der Waals surface area contributed by atoms with Crippen molar-refractivity contribution >= 4 is 5.91 Å². The highest BCUT2D eigenvalue weighted by Gasteiger charge is 2.30. The second-order valence-electron chi connectivity index (χ2n) is 6.20. The van der Waals surface area contributed by atoms with Crippen molar-refractivity contribution in [3.05, 3.63) is 35.9 Å². The Bertz CT molecular complexity index is 446. The van der Waals surface area contributed by atoms with Crippen molar-refractivity contribution < 1.29 is 4.79 Å². The van der Waals surface area contributed by atoms with Gasteiger partial charge in [0.25, 0.3) is 5.91 Å². The minimum atomic E-state index is 0.0383. The van der Waals surface area contributed by atoms with Crippen LogP contribution in [0, 0.1) is 11.8 Å². The Hall–Kier alpha value is -1.35. The van der Waals surface area contributed by atoms with Crippen LogP contribution in [0.2, 0.25) is 0 Å².